The molecule has 0 unspecified atom stereocenters. The van der Waals surface area contributed by atoms with Crippen molar-refractivity contribution in [2.45, 2.75) is 32.7 Å². The number of carbonyl (C=O) groups excluding carboxylic acids is 1. The number of aliphatic hydroxyl groups is 1. The quantitative estimate of drug-likeness (QED) is 0.734. The molecule has 0 radical (unpaired) electrons. The number of rotatable bonds is 5. The number of amides is 1. The van der Waals surface area contributed by atoms with Crippen LogP contribution in [0.15, 0.2) is 24.3 Å². The van der Waals surface area contributed by atoms with Gasteiger partial charge in [0, 0.05) is 30.4 Å². The van der Waals surface area contributed by atoms with Crippen LogP contribution in [-0.2, 0) is 4.79 Å². The molecule has 0 saturated carbocycles. The summed E-state index contributed by atoms with van der Waals surface area (Å²) in [5.74, 6) is -0.0863. The normalized spacial score (nSPS) is 11.1. The summed E-state index contributed by atoms with van der Waals surface area (Å²) < 4.78 is 0. The topological polar surface area (TPSA) is 61.4 Å². The summed E-state index contributed by atoms with van der Waals surface area (Å²) in [6, 6.07) is 7.53. The van der Waals surface area contributed by atoms with E-state index in [9.17, 15) is 4.79 Å². The van der Waals surface area contributed by atoms with E-state index in [-0.39, 0.29) is 18.1 Å². The molecule has 0 aliphatic carbocycles. The average molecular weight is 236 g/mol. The van der Waals surface area contributed by atoms with Crippen LogP contribution in [0.3, 0.4) is 0 Å². The minimum Gasteiger partial charge on any atom is -0.396 e. The van der Waals surface area contributed by atoms with E-state index >= 15 is 0 Å². The molecular formula is C13H20N2O2. The van der Waals surface area contributed by atoms with Gasteiger partial charge in [-0.2, -0.15) is 0 Å². The maximum atomic E-state index is 10.9. The van der Waals surface area contributed by atoms with Crippen molar-refractivity contribution in [3.05, 3.63) is 24.3 Å². The van der Waals surface area contributed by atoms with Crippen molar-refractivity contribution in [2.24, 2.45) is 0 Å². The molecule has 0 bridgehead atoms. The van der Waals surface area contributed by atoms with E-state index in [1.165, 1.54) is 6.92 Å². The Morgan fingerprint density at radius 3 is 2.59 bits per heavy atom. The Bertz CT molecular complexity index is 389. The van der Waals surface area contributed by atoms with Crippen LogP contribution in [0, 0.1) is 0 Å². The fourth-order valence-electron chi connectivity index (χ4n) is 1.61. The summed E-state index contributed by atoms with van der Waals surface area (Å²) in [5, 5.41) is 15.0. The summed E-state index contributed by atoms with van der Waals surface area (Å²) in [5.41, 5.74) is 1.51. The van der Waals surface area contributed by atoms with Crippen LogP contribution in [0.4, 0.5) is 11.4 Å². The van der Waals surface area contributed by atoms with Gasteiger partial charge >= 0.3 is 0 Å². The molecule has 0 aliphatic heterocycles. The minimum atomic E-state index is -0.177. The number of anilines is 2. The third kappa shape index (κ3) is 4.87. The smallest absolute Gasteiger partial charge is 0.221 e. The van der Waals surface area contributed by atoms with Crippen molar-refractivity contribution in [1.29, 1.82) is 0 Å². The van der Waals surface area contributed by atoms with Gasteiger partial charge in [0.1, 0.15) is 0 Å². The summed E-state index contributed by atoms with van der Waals surface area (Å²) in [6.45, 7) is 5.67. The highest BCUT2D eigenvalue weighted by atomic mass is 16.3. The zero-order chi connectivity index (χ0) is 12.9. The monoisotopic (exact) mass is 236 g/mol. The molecule has 0 aliphatic rings. The number of hydrogen-bond acceptors (Lipinski definition) is 3. The van der Waals surface area contributed by atoms with Crippen LogP contribution in [0.1, 0.15) is 27.2 Å². The van der Waals surface area contributed by atoms with Crippen LogP contribution >= 0.6 is 0 Å². The van der Waals surface area contributed by atoms with Crippen molar-refractivity contribution in [3.8, 4) is 0 Å². The molecule has 0 aromatic heterocycles. The highest BCUT2D eigenvalue weighted by Crippen LogP contribution is 2.21. The van der Waals surface area contributed by atoms with Gasteiger partial charge in [0.15, 0.2) is 0 Å². The van der Waals surface area contributed by atoms with Gasteiger partial charge in [0.25, 0.3) is 0 Å². The van der Waals surface area contributed by atoms with Crippen molar-refractivity contribution in [3.63, 3.8) is 0 Å². The average Bonchev–Trinajstić information content (AvgIpc) is 2.15. The van der Waals surface area contributed by atoms with Gasteiger partial charge in [-0.25, -0.2) is 0 Å². The highest BCUT2D eigenvalue weighted by molar-refractivity contribution is 5.89. The first kappa shape index (κ1) is 13.5. The third-order valence-corrected chi connectivity index (χ3v) is 2.40. The molecule has 0 saturated heterocycles. The standard InChI is InChI=1S/C13H20N2O2/c1-10(17)14-11-5-4-6-12(9-11)15-13(2,3)7-8-16/h4-6,9,15-16H,7-8H2,1-3H3,(H,14,17). The predicted molar refractivity (Wildman–Crippen MR) is 70.2 cm³/mol. The van der Waals surface area contributed by atoms with E-state index in [1.54, 1.807) is 0 Å². The second-order valence-electron chi connectivity index (χ2n) is 4.74. The number of aliphatic hydroxyl groups excluding tert-OH is 1. The number of hydrogen-bond donors (Lipinski definition) is 3. The number of carbonyl (C=O) groups is 1. The molecule has 0 atom stereocenters. The Labute approximate surface area is 102 Å². The van der Waals surface area contributed by atoms with Crippen LogP contribution in [0.25, 0.3) is 0 Å². The highest BCUT2D eigenvalue weighted by Gasteiger charge is 2.16. The Morgan fingerprint density at radius 2 is 2.00 bits per heavy atom. The largest absolute Gasteiger partial charge is 0.396 e. The van der Waals surface area contributed by atoms with Crippen LogP contribution in [0.2, 0.25) is 0 Å². The maximum absolute atomic E-state index is 10.9. The summed E-state index contributed by atoms with van der Waals surface area (Å²) >= 11 is 0. The minimum absolute atomic E-state index is 0.0863. The van der Waals surface area contributed by atoms with Gasteiger partial charge in [-0.05, 0) is 38.5 Å². The lowest BCUT2D eigenvalue weighted by Crippen LogP contribution is -2.31. The fourth-order valence-corrected chi connectivity index (χ4v) is 1.61. The van der Waals surface area contributed by atoms with Gasteiger partial charge in [-0.1, -0.05) is 6.07 Å². The van der Waals surface area contributed by atoms with Crippen molar-refractivity contribution >= 4 is 17.3 Å². The van der Waals surface area contributed by atoms with Crippen molar-refractivity contribution in [2.75, 3.05) is 17.2 Å². The van der Waals surface area contributed by atoms with Gasteiger partial charge < -0.3 is 15.7 Å². The summed E-state index contributed by atoms with van der Waals surface area (Å²) in [7, 11) is 0. The molecule has 94 valence electrons. The zero-order valence-corrected chi connectivity index (χ0v) is 10.6. The Balaban J connectivity index is 2.74. The molecule has 0 spiro atoms. The Kier molecular flexibility index (Phi) is 4.52. The van der Waals surface area contributed by atoms with E-state index in [1.807, 2.05) is 38.1 Å². The van der Waals surface area contributed by atoms with Crippen molar-refractivity contribution < 1.29 is 9.90 Å². The molecule has 1 aromatic carbocycles. The Hall–Kier alpha value is -1.55. The lowest BCUT2D eigenvalue weighted by Gasteiger charge is -2.27. The van der Waals surface area contributed by atoms with Gasteiger partial charge in [0.2, 0.25) is 5.91 Å². The second-order valence-corrected chi connectivity index (χ2v) is 4.74. The first-order chi connectivity index (χ1) is 7.93. The first-order valence-corrected chi connectivity index (χ1v) is 5.70. The van der Waals surface area contributed by atoms with Crippen LogP contribution < -0.4 is 10.6 Å². The first-order valence-electron chi connectivity index (χ1n) is 5.70. The molecule has 3 N–H and O–H groups in total. The molecule has 4 nitrogen and oxygen atoms in total. The van der Waals surface area contributed by atoms with Gasteiger partial charge in [0.05, 0.1) is 0 Å². The van der Waals surface area contributed by atoms with E-state index in [4.69, 9.17) is 5.11 Å². The van der Waals surface area contributed by atoms with Crippen LogP contribution in [0.5, 0.6) is 0 Å². The molecule has 0 heterocycles. The van der Waals surface area contributed by atoms with E-state index in [0.29, 0.717) is 6.42 Å². The molecule has 1 rings (SSSR count). The zero-order valence-electron chi connectivity index (χ0n) is 10.6. The number of benzene rings is 1. The fraction of sp³-hybridized carbons (Fsp3) is 0.462. The lowest BCUT2D eigenvalue weighted by atomic mass is 10.0. The molecular weight excluding hydrogens is 216 g/mol. The number of nitrogens with one attached hydrogen (secondary N) is 2. The van der Waals surface area contributed by atoms with Gasteiger partial charge in [-0.15, -0.1) is 0 Å². The van der Waals surface area contributed by atoms with E-state index in [2.05, 4.69) is 10.6 Å². The molecule has 1 aromatic rings. The summed E-state index contributed by atoms with van der Waals surface area (Å²) in [6.07, 6.45) is 0.664. The second kappa shape index (κ2) is 5.68. The summed E-state index contributed by atoms with van der Waals surface area (Å²) in [4.78, 5) is 10.9. The third-order valence-electron chi connectivity index (χ3n) is 2.40. The SMILES string of the molecule is CC(=O)Nc1cccc(NC(C)(C)CCO)c1. The maximum Gasteiger partial charge on any atom is 0.221 e. The van der Waals surface area contributed by atoms with Crippen molar-refractivity contribution in [1.82, 2.24) is 0 Å². The van der Waals surface area contributed by atoms with E-state index in [0.717, 1.165) is 11.4 Å². The molecule has 4 heteroatoms. The predicted octanol–water partition coefficient (Wildman–Crippen LogP) is 2.22. The van der Waals surface area contributed by atoms with E-state index < -0.39 is 0 Å². The lowest BCUT2D eigenvalue weighted by molar-refractivity contribution is -0.114. The van der Waals surface area contributed by atoms with Gasteiger partial charge in [-0.3, -0.25) is 4.79 Å². The molecule has 17 heavy (non-hydrogen) atoms. The molecule has 0 fully saturated rings. The Morgan fingerprint density at radius 1 is 1.35 bits per heavy atom. The van der Waals surface area contributed by atoms with Crippen LogP contribution in [-0.4, -0.2) is 23.2 Å². The molecule has 1 amide bonds.